The van der Waals surface area contributed by atoms with Crippen molar-refractivity contribution in [3.63, 3.8) is 0 Å². The zero-order chi connectivity index (χ0) is 16.3. The summed E-state index contributed by atoms with van der Waals surface area (Å²) in [7, 11) is 0. The van der Waals surface area contributed by atoms with Crippen LogP contribution in [-0.4, -0.2) is 45.2 Å². The van der Waals surface area contributed by atoms with Crippen molar-refractivity contribution >= 4 is 0 Å². The minimum atomic E-state index is -4.21. The Morgan fingerprint density at radius 2 is 1.45 bits per heavy atom. The molecule has 3 nitrogen and oxygen atoms in total. The number of halogens is 3. The van der Waals surface area contributed by atoms with Gasteiger partial charge in [0.25, 0.3) is 0 Å². The van der Waals surface area contributed by atoms with E-state index in [0.29, 0.717) is 25.7 Å². The molecular formula is C16H34F3NO2. The zero-order valence-electron chi connectivity index (χ0n) is 13.6. The summed E-state index contributed by atoms with van der Waals surface area (Å²) in [5.41, 5.74) is 0. The monoisotopic (exact) mass is 329 g/mol. The summed E-state index contributed by atoms with van der Waals surface area (Å²) in [6.45, 7) is 9.51. The molecule has 0 aliphatic rings. The van der Waals surface area contributed by atoms with Gasteiger partial charge < -0.3 is 14.8 Å². The van der Waals surface area contributed by atoms with Crippen LogP contribution in [-0.2, 0) is 9.47 Å². The summed E-state index contributed by atoms with van der Waals surface area (Å²) in [6, 6.07) is -1.48. The van der Waals surface area contributed by atoms with Crippen LogP contribution >= 0.6 is 0 Å². The Labute approximate surface area is 133 Å². The first-order valence-corrected chi connectivity index (χ1v) is 7.70. The highest BCUT2D eigenvalue weighted by molar-refractivity contribution is 4.77. The van der Waals surface area contributed by atoms with E-state index in [9.17, 15) is 13.2 Å². The van der Waals surface area contributed by atoms with Gasteiger partial charge >= 0.3 is 6.18 Å². The fourth-order valence-electron chi connectivity index (χ4n) is 1.93. The van der Waals surface area contributed by atoms with Crippen molar-refractivity contribution in [2.24, 2.45) is 11.8 Å². The Morgan fingerprint density at radius 3 is 1.91 bits per heavy atom. The molecule has 0 rings (SSSR count). The SMILES string of the molecule is C.CC(C)CCCOCCOCCNC(C(C)C)C(F)(F)F. The molecule has 0 aliphatic carbocycles. The van der Waals surface area contributed by atoms with Gasteiger partial charge in [-0.3, -0.25) is 0 Å². The Bertz CT molecular complexity index is 246. The van der Waals surface area contributed by atoms with E-state index in [1.54, 1.807) is 13.8 Å². The molecule has 0 spiro atoms. The lowest BCUT2D eigenvalue weighted by molar-refractivity contribution is -0.165. The predicted molar refractivity (Wildman–Crippen MR) is 85.1 cm³/mol. The number of alkyl halides is 3. The molecule has 0 aromatic carbocycles. The molecule has 0 aromatic rings. The molecule has 0 saturated heterocycles. The number of rotatable bonds is 12. The van der Waals surface area contributed by atoms with Crippen LogP contribution in [0.5, 0.6) is 0 Å². The second kappa shape index (κ2) is 13.1. The van der Waals surface area contributed by atoms with Gasteiger partial charge in [0.1, 0.15) is 6.04 Å². The van der Waals surface area contributed by atoms with E-state index < -0.39 is 18.1 Å². The summed E-state index contributed by atoms with van der Waals surface area (Å²) < 4.78 is 48.6. The lowest BCUT2D eigenvalue weighted by Crippen LogP contribution is -2.47. The maximum absolute atomic E-state index is 12.7. The van der Waals surface area contributed by atoms with Gasteiger partial charge in [-0.15, -0.1) is 0 Å². The molecule has 0 fully saturated rings. The predicted octanol–water partition coefficient (Wildman–Crippen LogP) is 4.27. The molecule has 1 unspecified atom stereocenters. The molecule has 0 aliphatic heterocycles. The average molecular weight is 329 g/mol. The maximum Gasteiger partial charge on any atom is 0.404 e. The van der Waals surface area contributed by atoms with Crippen molar-refractivity contribution in [3.8, 4) is 0 Å². The maximum atomic E-state index is 12.7. The van der Waals surface area contributed by atoms with Crippen LogP contribution in [0.15, 0.2) is 0 Å². The third kappa shape index (κ3) is 13.3. The Balaban J connectivity index is 0. The first-order valence-electron chi connectivity index (χ1n) is 7.70. The van der Waals surface area contributed by atoms with Crippen molar-refractivity contribution in [1.29, 1.82) is 0 Å². The van der Waals surface area contributed by atoms with Gasteiger partial charge in [-0.05, 0) is 24.7 Å². The minimum absolute atomic E-state index is 0. The van der Waals surface area contributed by atoms with Gasteiger partial charge in [0.05, 0.1) is 19.8 Å². The molecule has 136 valence electrons. The van der Waals surface area contributed by atoms with Gasteiger partial charge in [0, 0.05) is 13.2 Å². The summed E-state index contributed by atoms with van der Waals surface area (Å²) in [5.74, 6) is 0.188. The van der Waals surface area contributed by atoms with Gasteiger partial charge in [-0.25, -0.2) is 0 Å². The largest absolute Gasteiger partial charge is 0.404 e. The number of hydrogen-bond donors (Lipinski definition) is 1. The molecule has 0 amide bonds. The molecule has 1 atom stereocenters. The van der Waals surface area contributed by atoms with Crippen LogP contribution in [0.25, 0.3) is 0 Å². The van der Waals surface area contributed by atoms with Crippen molar-refractivity contribution in [1.82, 2.24) is 5.32 Å². The van der Waals surface area contributed by atoms with Gasteiger partial charge in [0.15, 0.2) is 0 Å². The number of hydrogen-bond acceptors (Lipinski definition) is 3. The normalized spacial score (nSPS) is 13.5. The first-order chi connectivity index (χ1) is 9.75. The van der Waals surface area contributed by atoms with Crippen LogP contribution in [0.3, 0.4) is 0 Å². The Kier molecular flexibility index (Phi) is 14.3. The third-order valence-corrected chi connectivity index (χ3v) is 3.07. The molecule has 0 aromatic heterocycles. The molecular weight excluding hydrogens is 295 g/mol. The summed E-state index contributed by atoms with van der Waals surface area (Å²) in [4.78, 5) is 0. The molecule has 0 bridgehead atoms. The average Bonchev–Trinajstić information content (AvgIpc) is 2.33. The van der Waals surface area contributed by atoms with Crippen molar-refractivity contribution in [2.75, 3.05) is 33.0 Å². The highest BCUT2D eigenvalue weighted by Crippen LogP contribution is 2.25. The van der Waals surface area contributed by atoms with E-state index in [2.05, 4.69) is 19.2 Å². The van der Waals surface area contributed by atoms with Crippen LogP contribution in [0.2, 0.25) is 0 Å². The fraction of sp³-hybridized carbons (Fsp3) is 1.00. The second-order valence-corrected chi connectivity index (χ2v) is 5.98. The van der Waals surface area contributed by atoms with Crippen molar-refractivity contribution in [3.05, 3.63) is 0 Å². The molecule has 1 N–H and O–H groups in total. The topological polar surface area (TPSA) is 30.5 Å². The highest BCUT2D eigenvalue weighted by Gasteiger charge is 2.40. The van der Waals surface area contributed by atoms with Crippen LogP contribution in [0.1, 0.15) is 48.0 Å². The van der Waals surface area contributed by atoms with E-state index in [1.807, 2.05) is 0 Å². The van der Waals surface area contributed by atoms with E-state index in [1.165, 1.54) is 0 Å². The number of nitrogens with one attached hydrogen (secondary N) is 1. The van der Waals surface area contributed by atoms with Crippen LogP contribution in [0, 0.1) is 11.8 Å². The van der Waals surface area contributed by atoms with E-state index in [0.717, 1.165) is 12.8 Å². The molecule has 22 heavy (non-hydrogen) atoms. The standard InChI is InChI=1S/C15H30F3NO2.CH4/c1-12(2)6-5-8-20-10-11-21-9-7-19-14(13(3)4)15(16,17)18;/h12-14,19H,5-11H2,1-4H3;1H4. The van der Waals surface area contributed by atoms with Gasteiger partial charge in [-0.1, -0.05) is 35.1 Å². The Morgan fingerprint density at radius 1 is 0.909 bits per heavy atom. The smallest absolute Gasteiger partial charge is 0.379 e. The molecule has 0 saturated carbocycles. The third-order valence-electron chi connectivity index (χ3n) is 3.07. The summed E-state index contributed by atoms with van der Waals surface area (Å²) in [5, 5.41) is 2.49. The molecule has 6 heteroatoms. The van der Waals surface area contributed by atoms with Gasteiger partial charge in [-0.2, -0.15) is 13.2 Å². The van der Waals surface area contributed by atoms with Gasteiger partial charge in [0.2, 0.25) is 0 Å². The zero-order valence-corrected chi connectivity index (χ0v) is 13.6. The lowest BCUT2D eigenvalue weighted by Gasteiger charge is -2.24. The van der Waals surface area contributed by atoms with E-state index >= 15 is 0 Å². The minimum Gasteiger partial charge on any atom is -0.379 e. The summed E-state index contributed by atoms with van der Waals surface area (Å²) in [6.07, 6.45) is -2.05. The van der Waals surface area contributed by atoms with Crippen molar-refractivity contribution in [2.45, 2.75) is 60.2 Å². The van der Waals surface area contributed by atoms with E-state index in [4.69, 9.17) is 9.47 Å². The Hall–Kier alpha value is -0.330. The highest BCUT2D eigenvalue weighted by atomic mass is 19.4. The molecule has 0 heterocycles. The summed E-state index contributed by atoms with van der Waals surface area (Å²) >= 11 is 0. The van der Waals surface area contributed by atoms with Crippen LogP contribution < -0.4 is 5.32 Å². The fourth-order valence-corrected chi connectivity index (χ4v) is 1.93. The lowest BCUT2D eigenvalue weighted by atomic mass is 10.0. The van der Waals surface area contributed by atoms with E-state index in [-0.39, 0.29) is 20.6 Å². The second-order valence-electron chi connectivity index (χ2n) is 5.98. The van der Waals surface area contributed by atoms with Crippen LogP contribution in [0.4, 0.5) is 13.2 Å². The molecule has 0 radical (unpaired) electrons. The number of ether oxygens (including phenoxy) is 2. The first kappa shape index (κ1) is 23.9. The quantitative estimate of drug-likeness (QED) is 0.542. The van der Waals surface area contributed by atoms with Crippen molar-refractivity contribution < 1.29 is 22.6 Å².